The predicted molar refractivity (Wildman–Crippen MR) is 41.3 cm³/mol. The van der Waals surface area contributed by atoms with Crippen molar-refractivity contribution in [2.75, 3.05) is 0 Å². The number of benzene rings is 1. The molecular weight excluding hydrogens is 107 g/mol. The number of rotatable bonds is 0. The molecule has 0 nitrogen and oxygen atoms in total. The van der Waals surface area contributed by atoms with Gasteiger partial charge < -0.3 is 0 Å². The van der Waals surface area contributed by atoms with E-state index in [0.29, 0.717) is 0 Å². The van der Waals surface area contributed by atoms with Crippen LogP contribution in [0.2, 0.25) is 0 Å². The lowest BCUT2D eigenvalue weighted by Gasteiger charge is -2.01. The van der Waals surface area contributed by atoms with Gasteiger partial charge >= 0.3 is 0 Å². The minimum Gasteiger partial charge on any atom is -0.0936 e. The molecule has 0 spiro atoms. The third-order valence-corrected chi connectivity index (χ3v) is 1.65. The second-order valence-corrected chi connectivity index (χ2v) is 2.29. The maximum absolute atomic E-state index is 5.62. The maximum Gasteiger partial charge on any atom is 0.114 e. The first-order valence-corrected chi connectivity index (χ1v) is 3.03. The molecule has 1 aromatic rings. The lowest BCUT2D eigenvalue weighted by atomic mass is 9.89. The Morgan fingerprint density at radius 3 is 2.33 bits per heavy atom. The van der Waals surface area contributed by atoms with Crippen LogP contribution in [0.25, 0.3) is 0 Å². The summed E-state index contributed by atoms with van der Waals surface area (Å²) in [6.07, 6.45) is 0. The van der Waals surface area contributed by atoms with Crippen LogP contribution in [0.15, 0.2) is 18.2 Å². The van der Waals surface area contributed by atoms with Gasteiger partial charge in [0.1, 0.15) is 7.85 Å². The van der Waals surface area contributed by atoms with E-state index in [2.05, 4.69) is 13.0 Å². The van der Waals surface area contributed by atoms with Crippen LogP contribution in [0.3, 0.4) is 0 Å². The average Bonchev–Trinajstić information content (AvgIpc) is 1.83. The monoisotopic (exact) mass is 116 g/mol. The zero-order chi connectivity index (χ0) is 6.85. The van der Waals surface area contributed by atoms with E-state index in [0.717, 1.165) is 5.46 Å². The van der Waals surface area contributed by atoms with Gasteiger partial charge in [-0.05, 0) is 19.4 Å². The molecule has 0 saturated carbocycles. The molecule has 0 fully saturated rings. The second-order valence-electron chi connectivity index (χ2n) is 2.29. The van der Waals surface area contributed by atoms with Crippen molar-refractivity contribution in [1.82, 2.24) is 0 Å². The molecule has 1 aromatic carbocycles. The van der Waals surface area contributed by atoms with Crippen LogP contribution in [0.1, 0.15) is 11.1 Å². The molecule has 9 heavy (non-hydrogen) atoms. The van der Waals surface area contributed by atoms with Crippen molar-refractivity contribution in [3.05, 3.63) is 29.3 Å². The molecule has 0 amide bonds. The Labute approximate surface area is 57.3 Å². The van der Waals surface area contributed by atoms with Crippen molar-refractivity contribution < 1.29 is 0 Å². The molecule has 0 aromatic heterocycles. The number of hydrogen-bond donors (Lipinski definition) is 0. The second kappa shape index (κ2) is 2.26. The van der Waals surface area contributed by atoms with Gasteiger partial charge in [0.05, 0.1) is 0 Å². The molecule has 0 heterocycles. The molecule has 0 aliphatic carbocycles. The first-order valence-electron chi connectivity index (χ1n) is 3.03. The Bertz CT molecular complexity index is 196. The predicted octanol–water partition coefficient (Wildman–Crippen LogP) is 1.10. The van der Waals surface area contributed by atoms with Gasteiger partial charge in [-0.3, -0.25) is 0 Å². The molecule has 44 valence electrons. The van der Waals surface area contributed by atoms with Gasteiger partial charge in [-0.2, -0.15) is 0 Å². The number of hydrogen-bond acceptors (Lipinski definition) is 0. The fourth-order valence-electron chi connectivity index (χ4n) is 0.774. The molecule has 0 bridgehead atoms. The fourth-order valence-corrected chi connectivity index (χ4v) is 0.774. The van der Waals surface area contributed by atoms with Crippen LogP contribution in [0, 0.1) is 13.8 Å². The number of aryl methyl sites for hydroxylation is 1. The van der Waals surface area contributed by atoms with Crippen molar-refractivity contribution in [2.45, 2.75) is 13.8 Å². The Morgan fingerprint density at radius 2 is 1.89 bits per heavy atom. The highest BCUT2D eigenvalue weighted by Crippen LogP contribution is 1.99. The third-order valence-electron chi connectivity index (χ3n) is 1.65. The summed E-state index contributed by atoms with van der Waals surface area (Å²) in [5.74, 6) is 0. The van der Waals surface area contributed by atoms with E-state index in [9.17, 15) is 0 Å². The van der Waals surface area contributed by atoms with Crippen LogP contribution in [0.5, 0.6) is 0 Å². The highest BCUT2D eigenvalue weighted by atomic mass is 13.9. The van der Waals surface area contributed by atoms with Crippen LogP contribution in [-0.2, 0) is 0 Å². The van der Waals surface area contributed by atoms with E-state index in [1.807, 2.05) is 19.1 Å². The lowest BCUT2D eigenvalue weighted by molar-refractivity contribution is 1.37. The molecule has 0 unspecified atom stereocenters. The van der Waals surface area contributed by atoms with Gasteiger partial charge in [-0.1, -0.05) is 29.2 Å². The lowest BCUT2D eigenvalue weighted by Crippen LogP contribution is -2.07. The van der Waals surface area contributed by atoms with E-state index in [-0.39, 0.29) is 0 Å². The summed E-state index contributed by atoms with van der Waals surface area (Å²) in [6.45, 7) is 4.09. The normalized spacial score (nSPS) is 9.56. The van der Waals surface area contributed by atoms with E-state index >= 15 is 0 Å². The SMILES string of the molecule is [B]c1cccc(C)c1C. The highest BCUT2D eigenvalue weighted by molar-refractivity contribution is 6.33. The molecule has 2 radical (unpaired) electrons. The smallest absolute Gasteiger partial charge is 0.0936 e. The molecule has 0 atom stereocenters. The first kappa shape index (κ1) is 6.41. The molecule has 0 aliphatic heterocycles. The summed E-state index contributed by atoms with van der Waals surface area (Å²) < 4.78 is 0. The topological polar surface area (TPSA) is 0 Å². The Morgan fingerprint density at radius 1 is 1.22 bits per heavy atom. The molecule has 0 saturated heterocycles. The van der Waals surface area contributed by atoms with Gasteiger partial charge in [0, 0.05) is 0 Å². The highest BCUT2D eigenvalue weighted by Gasteiger charge is 1.91. The van der Waals surface area contributed by atoms with Crippen LogP contribution >= 0.6 is 0 Å². The minimum atomic E-state index is 0.884. The van der Waals surface area contributed by atoms with E-state index in [4.69, 9.17) is 7.85 Å². The Balaban J connectivity index is 3.25. The van der Waals surface area contributed by atoms with Crippen molar-refractivity contribution in [3.63, 3.8) is 0 Å². The maximum atomic E-state index is 5.62. The first-order chi connectivity index (χ1) is 4.22. The Kier molecular flexibility index (Phi) is 1.61. The summed E-state index contributed by atoms with van der Waals surface area (Å²) >= 11 is 0. The zero-order valence-electron chi connectivity index (χ0n) is 5.81. The standard InChI is InChI=1S/C8H9B/c1-6-4-3-5-8(9)7(6)2/h3-5H,1-2H3. The summed E-state index contributed by atoms with van der Waals surface area (Å²) in [4.78, 5) is 0. The molecule has 1 rings (SSSR count). The summed E-state index contributed by atoms with van der Waals surface area (Å²) in [7, 11) is 5.62. The van der Waals surface area contributed by atoms with Crippen molar-refractivity contribution in [3.8, 4) is 0 Å². The van der Waals surface area contributed by atoms with E-state index in [1.165, 1.54) is 11.1 Å². The van der Waals surface area contributed by atoms with Gasteiger partial charge in [0.2, 0.25) is 0 Å². The summed E-state index contributed by atoms with van der Waals surface area (Å²) in [5, 5.41) is 0. The third kappa shape index (κ3) is 1.15. The molecule has 1 heteroatoms. The fraction of sp³-hybridized carbons (Fsp3) is 0.250. The quantitative estimate of drug-likeness (QED) is 0.445. The minimum absolute atomic E-state index is 0.884. The van der Waals surface area contributed by atoms with Gasteiger partial charge in [0.25, 0.3) is 0 Å². The largest absolute Gasteiger partial charge is 0.114 e. The Hall–Kier alpha value is -0.715. The van der Waals surface area contributed by atoms with Crippen LogP contribution in [-0.4, -0.2) is 7.85 Å². The zero-order valence-corrected chi connectivity index (χ0v) is 5.81. The van der Waals surface area contributed by atoms with Gasteiger partial charge in [0.15, 0.2) is 0 Å². The van der Waals surface area contributed by atoms with Crippen molar-refractivity contribution in [2.24, 2.45) is 0 Å². The summed E-state index contributed by atoms with van der Waals surface area (Å²) in [5.41, 5.74) is 3.34. The van der Waals surface area contributed by atoms with Crippen molar-refractivity contribution in [1.29, 1.82) is 0 Å². The molecule has 0 N–H and O–H groups in total. The van der Waals surface area contributed by atoms with Gasteiger partial charge in [-0.25, -0.2) is 0 Å². The average molecular weight is 116 g/mol. The van der Waals surface area contributed by atoms with E-state index < -0.39 is 0 Å². The molecule has 0 aliphatic rings. The van der Waals surface area contributed by atoms with Crippen LogP contribution < -0.4 is 5.46 Å². The van der Waals surface area contributed by atoms with Gasteiger partial charge in [-0.15, -0.1) is 0 Å². The molecular formula is C8H9B. The summed E-state index contributed by atoms with van der Waals surface area (Å²) in [6, 6.07) is 5.95. The van der Waals surface area contributed by atoms with Crippen LogP contribution in [0.4, 0.5) is 0 Å². The van der Waals surface area contributed by atoms with E-state index in [1.54, 1.807) is 0 Å². The van der Waals surface area contributed by atoms with Crippen molar-refractivity contribution >= 4 is 13.3 Å².